The molecule has 1 heterocycles. The van der Waals surface area contributed by atoms with Gasteiger partial charge in [0.15, 0.2) is 5.13 Å². The highest BCUT2D eigenvalue weighted by Gasteiger charge is 2.19. The predicted octanol–water partition coefficient (Wildman–Crippen LogP) is 3.62. The molecule has 6 nitrogen and oxygen atoms in total. The molecule has 1 amide bonds. The van der Waals surface area contributed by atoms with Crippen LogP contribution in [0.1, 0.15) is 15.9 Å². The molecule has 0 saturated heterocycles. The average molecular weight is 402 g/mol. The van der Waals surface area contributed by atoms with Crippen LogP contribution in [0.2, 0.25) is 0 Å². The van der Waals surface area contributed by atoms with Crippen molar-refractivity contribution in [2.24, 2.45) is 0 Å². The maximum Gasteiger partial charge on any atom is 0.257 e. The van der Waals surface area contributed by atoms with E-state index in [1.165, 1.54) is 37.6 Å². The molecule has 0 aliphatic rings. The lowest BCUT2D eigenvalue weighted by Gasteiger charge is -2.12. The Bertz CT molecular complexity index is 1070. The second-order valence-corrected chi connectivity index (χ2v) is 9.18. The van der Waals surface area contributed by atoms with E-state index in [1.807, 2.05) is 36.6 Å². The number of aryl methyl sites for hydroxylation is 1. The lowest BCUT2D eigenvalue weighted by atomic mass is 10.1. The second-order valence-electron chi connectivity index (χ2n) is 6.17. The zero-order valence-electron chi connectivity index (χ0n) is 15.1. The number of benzene rings is 2. The molecule has 0 spiro atoms. The minimum Gasteiger partial charge on any atom is -0.298 e. The highest BCUT2D eigenvalue weighted by molar-refractivity contribution is 7.89. The highest BCUT2D eigenvalue weighted by Crippen LogP contribution is 2.25. The van der Waals surface area contributed by atoms with Crippen molar-refractivity contribution < 1.29 is 13.2 Å². The van der Waals surface area contributed by atoms with Crippen molar-refractivity contribution in [3.8, 4) is 11.3 Å². The molecule has 0 aliphatic heterocycles. The maximum absolute atomic E-state index is 12.5. The van der Waals surface area contributed by atoms with E-state index >= 15 is 0 Å². The Morgan fingerprint density at radius 3 is 2.48 bits per heavy atom. The van der Waals surface area contributed by atoms with Crippen LogP contribution in [0.5, 0.6) is 0 Å². The first-order valence-electron chi connectivity index (χ1n) is 8.14. The molecular weight excluding hydrogens is 382 g/mol. The topological polar surface area (TPSA) is 79.4 Å². The van der Waals surface area contributed by atoms with Gasteiger partial charge in [-0.2, -0.15) is 0 Å². The number of nitrogens with zero attached hydrogens (tertiary/aromatic N) is 2. The lowest BCUT2D eigenvalue weighted by Crippen LogP contribution is -2.22. The molecule has 140 valence electrons. The molecule has 3 rings (SSSR count). The van der Waals surface area contributed by atoms with Gasteiger partial charge in [-0.25, -0.2) is 17.7 Å². The molecule has 0 saturated carbocycles. The van der Waals surface area contributed by atoms with Gasteiger partial charge < -0.3 is 0 Å². The molecule has 27 heavy (non-hydrogen) atoms. The van der Waals surface area contributed by atoms with Gasteiger partial charge in [0.05, 0.1) is 10.6 Å². The van der Waals surface area contributed by atoms with E-state index in [4.69, 9.17) is 0 Å². The number of hydrogen-bond acceptors (Lipinski definition) is 5. The Morgan fingerprint density at radius 2 is 1.81 bits per heavy atom. The second kappa shape index (κ2) is 7.59. The Kier molecular flexibility index (Phi) is 5.41. The smallest absolute Gasteiger partial charge is 0.257 e. The summed E-state index contributed by atoms with van der Waals surface area (Å²) in [6, 6.07) is 13.9. The Labute approximate surface area is 162 Å². The molecule has 1 N–H and O–H groups in total. The van der Waals surface area contributed by atoms with Gasteiger partial charge in [0, 0.05) is 30.6 Å². The van der Waals surface area contributed by atoms with Crippen LogP contribution in [0.15, 0.2) is 58.8 Å². The van der Waals surface area contributed by atoms with Crippen LogP contribution in [-0.2, 0) is 10.0 Å². The van der Waals surface area contributed by atoms with Gasteiger partial charge >= 0.3 is 0 Å². The number of anilines is 1. The van der Waals surface area contributed by atoms with Crippen LogP contribution in [0, 0.1) is 6.92 Å². The summed E-state index contributed by atoms with van der Waals surface area (Å²) in [5.41, 5.74) is 3.16. The Hall–Kier alpha value is -2.55. The molecule has 3 aromatic rings. The van der Waals surface area contributed by atoms with E-state index in [9.17, 15) is 13.2 Å². The monoisotopic (exact) mass is 401 g/mol. The first-order valence-corrected chi connectivity index (χ1v) is 10.5. The fourth-order valence-electron chi connectivity index (χ4n) is 2.37. The Balaban J connectivity index is 1.79. The van der Waals surface area contributed by atoms with E-state index in [-0.39, 0.29) is 10.5 Å². The third-order valence-corrected chi connectivity index (χ3v) is 6.52. The zero-order valence-corrected chi connectivity index (χ0v) is 16.8. The largest absolute Gasteiger partial charge is 0.298 e. The summed E-state index contributed by atoms with van der Waals surface area (Å²) in [5, 5.41) is 5.05. The number of sulfonamides is 1. The molecule has 8 heteroatoms. The van der Waals surface area contributed by atoms with Crippen molar-refractivity contribution in [1.82, 2.24) is 9.29 Å². The van der Waals surface area contributed by atoms with Crippen molar-refractivity contribution in [2.45, 2.75) is 11.8 Å². The summed E-state index contributed by atoms with van der Waals surface area (Å²) in [6.45, 7) is 2.01. The first-order chi connectivity index (χ1) is 12.8. The highest BCUT2D eigenvalue weighted by atomic mass is 32.2. The fourth-order valence-corrected chi connectivity index (χ4v) is 4.03. The molecule has 0 aliphatic carbocycles. The van der Waals surface area contributed by atoms with Crippen molar-refractivity contribution >= 4 is 32.4 Å². The minimum absolute atomic E-state index is 0.0691. The van der Waals surface area contributed by atoms with Gasteiger partial charge in [0.25, 0.3) is 5.91 Å². The molecule has 0 unspecified atom stereocenters. The van der Waals surface area contributed by atoms with Gasteiger partial charge in [0.2, 0.25) is 10.0 Å². The van der Waals surface area contributed by atoms with E-state index in [2.05, 4.69) is 10.3 Å². The molecule has 0 bridgehead atoms. The summed E-state index contributed by atoms with van der Waals surface area (Å²) in [5.74, 6) is -0.407. The SMILES string of the molecule is Cc1ccc(-c2csc(NC(=O)c3cccc(S(=O)(=O)N(C)C)c3)n2)cc1. The number of rotatable bonds is 5. The third-order valence-electron chi connectivity index (χ3n) is 3.95. The third kappa shape index (κ3) is 4.24. The van der Waals surface area contributed by atoms with E-state index in [1.54, 1.807) is 12.1 Å². The Morgan fingerprint density at radius 1 is 1.11 bits per heavy atom. The van der Waals surface area contributed by atoms with Crippen LogP contribution >= 0.6 is 11.3 Å². The van der Waals surface area contributed by atoms with Crippen molar-refractivity contribution in [2.75, 3.05) is 19.4 Å². The van der Waals surface area contributed by atoms with Crippen LogP contribution < -0.4 is 5.32 Å². The van der Waals surface area contributed by atoms with Gasteiger partial charge in [-0.1, -0.05) is 35.9 Å². The van der Waals surface area contributed by atoms with Crippen molar-refractivity contribution in [3.05, 3.63) is 65.0 Å². The van der Waals surface area contributed by atoms with Gasteiger partial charge in [-0.05, 0) is 25.1 Å². The van der Waals surface area contributed by atoms with Gasteiger partial charge in [0.1, 0.15) is 0 Å². The van der Waals surface area contributed by atoms with E-state index in [0.29, 0.717) is 5.13 Å². The summed E-state index contributed by atoms with van der Waals surface area (Å²) in [7, 11) is -0.704. The van der Waals surface area contributed by atoms with Crippen molar-refractivity contribution in [3.63, 3.8) is 0 Å². The normalized spacial score (nSPS) is 11.6. The van der Waals surface area contributed by atoms with Crippen LogP contribution in [0.4, 0.5) is 5.13 Å². The van der Waals surface area contributed by atoms with Crippen LogP contribution in [0.3, 0.4) is 0 Å². The van der Waals surface area contributed by atoms with Gasteiger partial charge in [-0.3, -0.25) is 10.1 Å². The summed E-state index contributed by atoms with van der Waals surface area (Å²) in [6.07, 6.45) is 0. The minimum atomic E-state index is -3.60. The molecule has 0 fully saturated rings. The van der Waals surface area contributed by atoms with E-state index < -0.39 is 15.9 Å². The number of carbonyl (C=O) groups is 1. The molecule has 0 radical (unpaired) electrons. The summed E-state index contributed by atoms with van der Waals surface area (Å²) >= 11 is 1.32. The fraction of sp³-hybridized carbons (Fsp3) is 0.158. The average Bonchev–Trinajstić information content (AvgIpc) is 3.10. The standard InChI is InChI=1S/C19H19N3O3S2/c1-13-7-9-14(10-8-13)17-12-26-19(20-17)21-18(23)15-5-4-6-16(11-15)27(24,25)22(2)3/h4-12H,1-3H3,(H,20,21,23). The first kappa shape index (κ1) is 19.2. The quantitative estimate of drug-likeness (QED) is 0.708. The van der Waals surface area contributed by atoms with E-state index in [0.717, 1.165) is 21.1 Å². The number of carbonyl (C=O) groups excluding carboxylic acids is 1. The number of aromatic nitrogens is 1. The van der Waals surface area contributed by atoms with Gasteiger partial charge in [-0.15, -0.1) is 11.3 Å². The maximum atomic E-state index is 12.5. The predicted molar refractivity (Wildman–Crippen MR) is 108 cm³/mol. The number of amides is 1. The zero-order chi connectivity index (χ0) is 19.6. The number of nitrogens with one attached hydrogen (secondary N) is 1. The summed E-state index contributed by atoms with van der Waals surface area (Å²) < 4.78 is 25.6. The molecule has 2 aromatic carbocycles. The molecule has 0 atom stereocenters. The molecule has 1 aromatic heterocycles. The number of hydrogen-bond donors (Lipinski definition) is 1. The lowest BCUT2D eigenvalue weighted by molar-refractivity contribution is 0.102. The van der Waals surface area contributed by atoms with Crippen molar-refractivity contribution in [1.29, 1.82) is 0 Å². The molecular formula is C19H19N3O3S2. The van der Waals surface area contributed by atoms with Crippen LogP contribution in [-0.4, -0.2) is 37.7 Å². The van der Waals surface area contributed by atoms with Crippen LogP contribution in [0.25, 0.3) is 11.3 Å². The number of thiazole rings is 1. The summed E-state index contributed by atoms with van der Waals surface area (Å²) in [4.78, 5) is 17.0.